The van der Waals surface area contributed by atoms with Crippen LogP contribution in [0.15, 0.2) is 16.6 Å². The number of carbonyl (C=O) groups excluding carboxylic acids is 1. The van der Waals surface area contributed by atoms with Gasteiger partial charge in [-0.05, 0) is 50.7 Å². The predicted octanol–water partition coefficient (Wildman–Crippen LogP) is 1.88. The van der Waals surface area contributed by atoms with E-state index in [1.54, 1.807) is 4.72 Å². The van der Waals surface area contributed by atoms with Gasteiger partial charge in [-0.25, -0.2) is 17.5 Å². The standard InChI is InChI=1S/C8H6BrFINO3S/c1-16(14,15)12-8(13)4-2-7(11)5(9)3-6(4)10/h2-3H,1H3,(H,12,13). The van der Waals surface area contributed by atoms with Crippen LogP contribution >= 0.6 is 38.5 Å². The highest BCUT2D eigenvalue weighted by atomic mass is 127. The van der Waals surface area contributed by atoms with Crippen LogP contribution in [-0.4, -0.2) is 20.6 Å². The summed E-state index contributed by atoms with van der Waals surface area (Å²) < 4.78 is 37.8. The highest BCUT2D eigenvalue weighted by Gasteiger charge is 2.17. The van der Waals surface area contributed by atoms with Crippen molar-refractivity contribution in [1.29, 1.82) is 0 Å². The highest BCUT2D eigenvalue weighted by Crippen LogP contribution is 2.22. The zero-order chi connectivity index (χ0) is 12.5. The van der Waals surface area contributed by atoms with Crippen LogP contribution in [0.4, 0.5) is 4.39 Å². The van der Waals surface area contributed by atoms with Gasteiger partial charge in [0.05, 0.1) is 11.8 Å². The number of hydrogen-bond acceptors (Lipinski definition) is 3. The Morgan fingerprint density at radius 3 is 2.56 bits per heavy atom. The zero-order valence-corrected chi connectivity index (χ0v) is 12.5. The topological polar surface area (TPSA) is 63.2 Å². The molecular formula is C8H6BrFINO3S. The molecule has 0 spiro atoms. The second kappa shape index (κ2) is 4.96. The highest BCUT2D eigenvalue weighted by molar-refractivity contribution is 14.1. The Morgan fingerprint density at radius 1 is 1.50 bits per heavy atom. The molecule has 1 aromatic carbocycles. The van der Waals surface area contributed by atoms with Crippen molar-refractivity contribution in [3.05, 3.63) is 31.6 Å². The summed E-state index contributed by atoms with van der Waals surface area (Å²) in [5.41, 5.74) is -0.307. The molecule has 1 rings (SSSR count). The Balaban J connectivity index is 3.15. The molecule has 16 heavy (non-hydrogen) atoms. The third kappa shape index (κ3) is 3.67. The molecule has 1 aromatic rings. The summed E-state index contributed by atoms with van der Waals surface area (Å²) in [5.74, 6) is -1.76. The third-order valence-electron chi connectivity index (χ3n) is 1.53. The number of hydrogen-bond donors (Lipinski definition) is 1. The second-order valence-corrected chi connectivity index (χ2v) is 6.71. The molecule has 4 nitrogen and oxygen atoms in total. The maximum absolute atomic E-state index is 13.4. The Labute approximate surface area is 114 Å². The summed E-state index contributed by atoms with van der Waals surface area (Å²) in [4.78, 5) is 11.4. The van der Waals surface area contributed by atoms with E-state index in [1.807, 2.05) is 22.6 Å². The Morgan fingerprint density at radius 2 is 2.06 bits per heavy atom. The van der Waals surface area contributed by atoms with Gasteiger partial charge in [-0.1, -0.05) is 0 Å². The normalized spacial score (nSPS) is 11.2. The second-order valence-electron chi connectivity index (χ2n) is 2.95. The molecule has 1 N–H and O–H groups in total. The van der Waals surface area contributed by atoms with E-state index in [4.69, 9.17) is 0 Å². The van der Waals surface area contributed by atoms with E-state index in [2.05, 4.69) is 15.9 Å². The van der Waals surface area contributed by atoms with Gasteiger partial charge in [0.15, 0.2) is 0 Å². The molecule has 8 heteroatoms. The monoisotopic (exact) mass is 421 g/mol. The van der Waals surface area contributed by atoms with Crippen molar-refractivity contribution in [1.82, 2.24) is 4.72 Å². The van der Waals surface area contributed by atoms with Crippen LogP contribution in [0.3, 0.4) is 0 Å². The number of benzene rings is 1. The van der Waals surface area contributed by atoms with Crippen molar-refractivity contribution >= 4 is 54.5 Å². The summed E-state index contributed by atoms with van der Waals surface area (Å²) in [6, 6.07) is 2.37. The fourth-order valence-electron chi connectivity index (χ4n) is 0.920. The summed E-state index contributed by atoms with van der Waals surface area (Å²) in [7, 11) is -3.69. The average molecular weight is 422 g/mol. The smallest absolute Gasteiger partial charge is 0.267 e. The van der Waals surface area contributed by atoms with Crippen LogP contribution in [0.1, 0.15) is 10.4 Å². The van der Waals surface area contributed by atoms with Crippen LogP contribution in [0.2, 0.25) is 0 Å². The molecule has 0 aliphatic carbocycles. The van der Waals surface area contributed by atoms with Gasteiger partial charge in [-0.15, -0.1) is 0 Å². The summed E-state index contributed by atoms with van der Waals surface area (Å²) in [6.07, 6.45) is 0.826. The molecule has 1 amide bonds. The van der Waals surface area contributed by atoms with E-state index >= 15 is 0 Å². The molecule has 0 atom stereocenters. The summed E-state index contributed by atoms with van der Waals surface area (Å²) in [5, 5.41) is 0. The fourth-order valence-corrected chi connectivity index (χ4v) is 2.15. The van der Waals surface area contributed by atoms with Gasteiger partial charge in [-0.3, -0.25) is 4.79 Å². The molecule has 0 unspecified atom stereocenters. The van der Waals surface area contributed by atoms with E-state index in [-0.39, 0.29) is 5.56 Å². The molecule has 0 aromatic heterocycles. The zero-order valence-electron chi connectivity index (χ0n) is 7.92. The van der Waals surface area contributed by atoms with Crippen LogP contribution in [0, 0.1) is 9.39 Å². The molecule has 0 saturated carbocycles. The van der Waals surface area contributed by atoms with Gasteiger partial charge in [0.2, 0.25) is 10.0 Å². The van der Waals surface area contributed by atoms with Crippen LogP contribution in [0.5, 0.6) is 0 Å². The van der Waals surface area contributed by atoms with Gasteiger partial charge in [0.1, 0.15) is 5.82 Å². The van der Waals surface area contributed by atoms with Crippen molar-refractivity contribution in [3.8, 4) is 0 Å². The lowest BCUT2D eigenvalue weighted by Crippen LogP contribution is -2.30. The van der Waals surface area contributed by atoms with Crippen molar-refractivity contribution in [2.75, 3.05) is 6.26 Å². The fraction of sp³-hybridized carbons (Fsp3) is 0.125. The number of sulfonamides is 1. The number of rotatable bonds is 2. The minimum atomic E-state index is -3.69. The van der Waals surface area contributed by atoms with Crippen molar-refractivity contribution in [2.24, 2.45) is 0 Å². The molecule has 0 aliphatic heterocycles. The van der Waals surface area contributed by atoms with Gasteiger partial charge in [-0.2, -0.15) is 0 Å². The molecule has 88 valence electrons. The SMILES string of the molecule is CS(=O)(=O)NC(=O)c1cc(I)c(Br)cc1F. The maximum Gasteiger partial charge on any atom is 0.267 e. The van der Waals surface area contributed by atoms with Gasteiger partial charge >= 0.3 is 0 Å². The summed E-state index contributed by atoms with van der Waals surface area (Å²) >= 11 is 4.99. The molecule has 0 saturated heterocycles. The lowest BCUT2D eigenvalue weighted by atomic mass is 10.2. The molecule has 0 radical (unpaired) electrons. The number of nitrogens with one attached hydrogen (secondary N) is 1. The van der Waals surface area contributed by atoms with Crippen molar-refractivity contribution < 1.29 is 17.6 Å². The Bertz CT molecular complexity index is 546. The lowest BCUT2D eigenvalue weighted by Gasteiger charge is -2.05. The van der Waals surface area contributed by atoms with E-state index in [1.165, 1.54) is 6.07 Å². The molecule has 0 fully saturated rings. The van der Waals surface area contributed by atoms with Crippen LogP contribution in [0.25, 0.3) is 0 Å². The van der Waals surface area contributed by atoms with Crippen molar-refractivity contribution in [2.45, 2.75) is 0 Å². The summed E-state index contributed by atoms with van der Waals surface area (Å²) in [6.45, 7) is 0. The third-order valence-corrected chi connectivity index (χ3v) is 4.38. The number of carbonyl (C=O) groups is 1. The van der Waals surface area contributed by atoms with Gasteiger partial charge < -0.3 is 0 Å². The largest absolute Gasteiger partial charge is 0.268 e. The molecule has 0 heterocycles. The first kappa shape index (κ1) is 13.8. The molecular weight excluding hydrogens is 416 g/mol. The van der Waals surface area contributed by atoms with Crippen LogP contribution in [-0.2, 0) is 10.0 Å². The van der Waals surface area contributed by atoms with Gasteiger partial charge in [0, 0.05) is 8.04 Å². The average Bonchev–Trinajstić information content (AvgIpc) is 2.08. The first-order valence-corrected chi connectivity index (χ1v) is 7.63. The van der Waals surface area contributed by atoms with E-state index in [0.717, 1.165) is 12.3 Å². The maximum atomic E-state index is 13.4. The van der Waals surface area contributed by atoms with E-state index in [0.29, 0.717) is 8.04 Å². The lowest BCUT2D eigenvalue weighted by molar-refractivity contribution is 0.0977. The number of amides is 1. The van der Waals surface area contributed by atoms with Crippen LogP contribution < -0.4 is 4.72 Å². The van der Waals surface area contributed by atoms with Crippen molar-refractivity contribution in [3.63, 3.8) is 0 Å². The molecule has 0 bridgehead atoms. The minimum absolute atomic E-state index is 0.307. The first-order chi connectivity index (χ1) is 7.20. The predicted molar refractivity (Wildman–Crippen MR) is 69.1 cm³/mol. The Hall–Kier alpha value is -0.220. The number of halogens is 3. The van der Waals surface area contributed by atoms with Gasteiger partial charge in [0.25, 0.3) is 5.91 Å². The Kier molecular flexibility index (Phi) is 4.29. The first-order valence-electron chi connectivity index (χ1n) is 3.87. The van der Waals surface area contributed by atoms with E-state index in [9.17, 15) is 17.6 Å². The minimum Gasteiger partial charge on any atom is -0.268 e. The molecule has 0 aliphatic rings. The quantitative estimate of drug-likeness (QED) is 0.585. The van der Waals surface area contributed by atoms with E-state index < -0.39 is 21.7 Å².